The normalized spacial score (nSPS) is 15.1. The Morgan fingerprint density at radius 1 is 0.321 bits per heavy atom. The number of hydrogen-bond donors (Lipinski definition) is 0. The number of aromatic nitrogens is 2. The van der Waals surface area contributed by atoms with E-state index in [2.05, 4.69) is 215 Å². The summed E-state index contributed by atoms with van der Waals surface area (Å²) in [7, 11) is 0. The molecule has 0 aliphatic heterocycles. The molecule has 2 unspecified atom stereocenters. The molecular weight excluding hydrogens is 677 g/mol. The highest BCUT2D eigenvalue weighted by Crippen LogP contribution is 2.54. The molecule has 0 saturated heterocycles. The summed E-state index contributed by atoms with van der Waals surface area (Å²) >= 11 is 0. The van der Waals surface area contributed by atoms with Crippen molar-refractivity contribution in [3.8, 4) is 45.0 Å². The van der Waals surface area contributed by atoms with Crippen molar-refractivity contribution in [1.82, 2.24) is 9.13 Å². The molecule has 2 nitrogen and oxygen atoms in total. The first-order valence-corrected chi connectivity index (χ1v) is 19.6. The number of hydrogen-bond acceptors (Lipinski definition) is 0. The SMILES string of the molecule is c1ccc(C2c3ccccc3-c3c2c2ccccc2n3-c2cccc(-c3cccc(-n4c5c(c6ccccc64)C(c4ccccc4)c4ccccc4-5)c3)c2)cc1. The maximum absolute atomic E-state index is 2.51. The van der Waals surface area contributed by atoms with Crippen LogP contribution in [0.1, 0.15) is 45.2 Å². The van der Waals surface area contributed by atoms with E-state index in [-0.39, 0.29) is 11.8 Å². The molecule has 0 amide bonds. The van der Waals surface area contributed by atoms with Crippen molar-refractivity contribution < 1.29 is 0 Å². The van der Waals surface area contributed by atoms with Gasteiger partial charge in [-0.25, -0.2) is 0 Å². The first kappa shape index (κ1) is 31.2. The predicted molar refractivity (Wildman–Crippen MR) is 231 cm³/mol. The zero-order valence-corrected chi connectivity index (χ0v) is 30.7. The van der Waals surface area contributed by atoms with Gasteiger partial charge in [-0.15, -0.1) is 0 Å². The van der Waals surface area contributed by atoms with Gasteiger partial charge in [-0.05, 0) is 80.9 Å². The smallest absolute Gasteiger partial charge is 0.0585 e. The van der Waals surface area contributed by atoms with E-state index in [1.54, 1.807) is 0 Å². The minimum atomic E-state index is 0.179. The van der Waals surface area contributed by atoms with Gasteiger partial charge in [0.05, 0.1) is 22.4 Å². The molecule has 12 rings (SSSR count). The van der Waals surface area contributed by atoms with Gasteiger partial charge in [0.25, 0.3) is 0 Å². The van der Waals surface area contributed by atoms with Crippen LogP contribution in [-0.4, -0.2) is 9.13 Å². The summed E-state index contributed by atoms with van der Waals surface area (Å²) in [5.74, 6) is 0.358. The van der Waals surface area contributed by atoms with Crippen LogP contribution in [-0.2, 0) is 0 Å². The van der Waals surface area contributed by atoms with Gasteiger partial charge < -0.3 is 9.13 Å². The Morgan fingerprint density at radius 3 is 1.18 bits per heavy atom. The van der Waals surface area contributed by atoms with E-state index < -0.39 is 0 Å². The Bertz CT molecular complexity index is 2930. The molecule has 2 heterocycles. The molecule has 0 saturated carbocycles. The highest BCUT2D eigenvalue weighted by Gasteiger charge is 2.37. The summed E-state index contributed by atoms with van der Waals surface area (Å²) in [6.07, 6.45) is 0. The lowest BCUT2D eigenvalue weighted by atomic mass is 9.88. The van der Waals surface area contributed by atoms with Gasteiger partial charge in [-0.1, -0.05) is 170 Å². The van der Waals surface area contributed by atoms with Crippen LogP contribution >= 0.6 is 0 Å². The second kappa shape index (κ2) is 12.2. The van der Waals surface area contributed by atoms with Gasteiger partial charge in [0.2, 0.25) is 0 Å². The van der Waals surface area contributed by atoms with E-state index in [0.29, 0.717) is 0 Å². The Balaban J connectivity index is 1.04. The van der Waals surface area contributed by atoms with Crippen LogP contribution in [0.4, 0.5) is 0 Å². The minimum absolute atomic E-state index is 0.179. The summed E-state index contributed by atoms with van der Waals surface area (Å²) < 4.78 is 5.01. The maximum atomic E-state index is 2.51. The number of nitrogens with zero attached hydrogens (tertiary/aromatic N) is 2. The molecular formula is C54H36N2. The molecule has 0 radical (unpaired) electrons. The Morgan fingerprint density at radius 2 is 0.714 bits per heavy atom. The molecule has 2 atom stereocenters. The standard InChI is InChI=1S/C54H36N2/c1-3-17-35(18-4-1)49-41-25-7-9-27-43(41)53-51(49)45-29-11-13-31-47(45)55(53)39-23-15-21-37(33-39)38-22-16-24-40(34-38)56-48-32-14-12-30-46(48)52-50(36-19-5-2-6-20-36)42-26-8-10-28-44(42)54(52)56/h1-34,49-50H. The van der Waals surface area contributed by atoms with Gasteiger partial charge >= 0.3 is 0 Å². The predicted octanol–water partition coefficient (Wildman–Crippen LogP) is 13.6. The van der Waals surface area contributed by atoms with Gasteiger partial charge in [0, 0.05) is 45.1 Å². The van der Waals surface area contributed by atoms with Crippen LogP contribution in [0.5, 0.6) is 0 Å². The van der Waals surface area contributed by atoms with E-state index in [1.807, 2.05) is 0 Å². The monoisotopic (exact) mass is 712 g/mol. The first-order chi connectivity index (χ1) is 27.8. The molecule has 2 heteroatoms. The average Bonchev–Trinajstić information content (AvgIpc) is 3.99. The number of fused-ring (bicyclic) bond motifs is 10. The van der Waals surface area contributed by atoms with Crippen molar-refractivity contribution in [1.29, 1.82) is 0 Å². The summed E-state index contributed by atoms with van der Waals surface area (Å²) in [6, 6.07) is 76.1. The van der Waals surface area contributed by atoms with E-state index >= 15 is 0 Å². The Labute approximate surface area is 326 Å². The van der Waals surface area contributed by atoms with Gasteiger partial charge in [0.15, 0.2) is 0 Å². The van der Waals surface area contributed by atoms with Crippen LogP contribution in [0.2, 0.25) is 0 Å². The van der Waals surface area contributed by atoms with E-state index in [9.17, 15) is 0 Å². The summed E-state index contributed by atoms with van der Waals surface area (Å²) in [4.78, 5) is 0. The highest BCUT2D eigenvalue weighted by molar-refractivity contribution is 6.00. The van der Waals surface area contributed by atoms with Crippen LogP contribution in [0, 0.1) is 0 Å². The topological polar surface area (TPSA) is 9.86 Å². The molecule has 262 valence electrons. The van der Waals surface area contributed by atoms with Gasteiger partial charge in [0.1, 0.15) is 0 Å². The lowest BCUT2D eigenvalue weighted by Crippen LogP contribution is -1.99. The van der Waals surface area contributed by atoms with Crippen LogP contribution in [0.3, 0.4) is 0 Å². The third kappa shape index (κ3) is 4.44. The van der Waals surface area contributed by atoms with E-state index in [1.165, 1.54) is 100 Å². The molecule has 56 heavy (non-hydrogen) atoms. The van der Waals surface area contributed by atoms with Crippen molar-refractivity contribution in [3.63, 3.8) is 0 Å². The van der Waals surface area contributed by atoms with E-state index in [0.717, 1.165) is 0 Å². The second-order valence-corrected chi connectivity index (χ2v) is 15.2. The zero-order chi connectivity index (χ0) is 36.7. The van der Waals surface area contributed by atoms with Crippen LogP contribution in [0.15, 0.2) is 206 Å². The van der Waals surface area contributed by atoms with Crippen molar-refractivity contribution >= 4 is 21.8 Å². The molecule has 2 aromatic heterocycles. The van der Waals surface area contributed by atoms with Gasteiger partial charge in [-0.3, -0.25) is 0 Å². The lowest BCUT2D eigenvalue weighted by Gasteiger charge is -2.16. The Kier molecular flexibility index (Phi) is 6.79. The van der Waals surface area contributed by atoms with Crippen molar-refractivity contribution in [2.24, 2.45) is 0 Å². The fraction of sp³-hybridized carbons (Fsp3) is 0.0370. The van der Waals surface area contributed by atoms with Crippen LogP contribution in [0.25, 0.3) is 66.8 Å². The van der Waals surface area contributed by atoms with Crippen molar-refractivity contribution in [3.05, 3.63) is 240 Å². The summed E-state index contributed by atoms with van der Waals surface area (Å²) in [5.41, 5.74) is 20.6. The first-order valence-electron chi connectivity index (χ1n) is 19.6. The molecule has 2 aliphatic carbocycles. The quantitative estimate of drug-likeness (QED) is 0.168. The number of para-hydroxylation sites is 2. The van der Waals surface area contributed by atoms with Gasteiger partial charge in [-0.2, -0.15) is 0 Å². The molecule has 0 bridgehead atoms. The molecule has 0 N–H and O–H groups in total. The zero-order valence-electron chi connectivity index (χ0n) is 30.7. The third-order valence-electron chi connectivity index (χ3n) is 12.3. The molecule has 2 aliphatic rings. The fourth-order valence-electron chi connectivity index (χ4n) is 10.1. The molecule has 0 spiro atoms. The van der Waals surface area contributed by atoms with Crippen molar-refractivity contribution in [2.45, 2.75) is 11.8 Å². The lowest BCUT2D eigenvalue weighted by molar-refractivity contribution is 1.02. The Hall–Kier alpha value is -7.16. The number of rotatable bonds is 5. The molecule has 10 aromatic rings. The minimum Gasteiger partial charge on any atom is -0.309 e. The summed E-state index contributed by atoms with van der Waals surface area (Å²) in [6.45, 7) is 0. The van der Waals surface area contributed by atoms with Crippen molar-refractivity contribution in [2.75, 3.05) is 0 Å². The number of benzene rings is 8. The second-order valence-electron chi connectivity index (χ2n) is 15.2. The van der Waals surface area contributed by atoms with Crippen LogP contribution < -0.4 is 0 Å². The third-order valence-corrected chi connectivity index (χ3v) is 12.3. The molecule has 8 aromatic carbocycles. The summed E-state index contributed by atoms with van der Waals surface area (Å²) in [5, 5.41) is 2.62. The average molecular weight is 713 g/mol. The highest BCUT2D eigenvalue weighted by atomic mass is 15.0. The molecule has 0 fully saturated rings. The largest absolute Gasteiger partial charge is 0.309 e. The van der Waals surface area contributed by atoms with E-state index in [4.69, 9.17) is 0 Å². The fourth-order valence-corrected chi connectivity index (χ4v) is 10.1. The maximum Gasteiger partial charge on any atom is 0.0585 e.